The molecule has 106 valence electrons. The fourth-order valence-electron chi connectivity index (χ4n) is 3.36. The molecule has 0 amide bonds. The number of carboxylic acid groups (broad SMARTS) is 1. The zero-order chi connectivity index (χ0) is 15.0. The molecule has 0 unspecified atom stereocenters. The lowest BCUT2D eigenvalue weighted by Crippen LogP contribution is -2.42. The number of hydrogen-bond donors (Lipinski definition) is 1. The first-order chi connectivity index (χ1) is 10.1. The molecule has 0 bridgehead atoms. The SMILES string of the molecule is Cc1ccc2c(c1)[N+]1(C=C/C2=C(/C#N)C(=O)O)CCCC1. The van der Waals surface area contributed by atoms with Gasteiger partial charge in [-0.3, -0.25) is 4.48 Å². The van der Waals surface area contributed by atoms with E-state index in [2.05, 4.69) is 12.3 Å². The van der Waals surface area contributed by atoms with Crippen molar-refractivity contribution in [2.24, 2.45) is 0 Å². The van der Waals surface area contributed by atoms with Crippen molar-refractivity contribution in [3.63, 3.8) is 0 Å². The molecular formula is C17H17N2O2+. The number of aliphatic carboxylic acids is 1. The maximum absolute atomic E-state index is 11.3. The lowest BCUT2D eigenvalue weighted by Gasteiger charge is -2.34. The van der Waals surface area contributed by atoms with E-state index < -0.39 is 5.97 Å². The highest BCUT2D eigenvalue weighted by atomic mass is 16.4. The van der Waals surface area contributed by atoms with Crippen LogP contribution in [-0.4, -0.2) is 24.2 Å². The summed E-state index contributed by atoms with van der Waals surface area (Å²) < 4.78 is 0.777. The minimum atomic E-state index is -1.17. The first-order valence-corrected chi connectivity index (χ1v) is 7.13. The molecule has 3 rings (SSSR count). The van der Waals surface area contributed by atoms with E-state index >= 15 is 0 Å². The Balaban J connectivity index is 2.28. The molecule has 1 N–H and O–H groups in total. The number of fused-ring (bicyclic) bond motifs is 2. The lowest BCUT2D eigenvalue weighted by atomic mass is 9.93. The Kier molecular flexibility index (Phi) is 3.15. The topological polar surface area (TPSA) is 61.1 Å². The summed E-state index contributed by atoms with van der Waals surface area (Å²) in [5.74, 6) is -1.17. The van der Waals surface area contributed by atoms with Crippen LogP contribution in [0.4, 0.5) is 5.69 Å². The van der Waals surface area contributed by atoms with Crippen molar-refractivity contribution in [3.05, 3.63) is 47.2 Å². The van der Waals surface area contributed by atoms with Gasteiger partial charge in [0.2, 0.25) is 0 Å². The highest BCUT2D eigenvalue weighted by Crippen LogP contribution is 2.42. The second kappa shape index (κ2) is 4.87. The molecule has 1 saturated heterocycles. The van der Waals surface area contributed by atoms with Gasteiger partial charge < -0.3 is 5.11 Å². The highest BCUT2D eigenvalue weighted by Gasteiger charge is 2.38. The van der Waals surface area contributed by atoms with Crippen molar-refractivity contribution in [1.29, 1.82) is 5.26 Å². The summed E-state index contributed by atoms with van der Waals surface area (Å²) in [6.45, 7) is 4.11. The molecule has 0 saturated carbocycles. The van der Waals surface area contributed by atoms with E-state index in [0.29, 0.717) is 5.57 Å². The van der Waals surface area contributed by atoms with Crippen LogP contribution in [0.5, 0.6) is 0 Å². The van der Waals surface area contributed by atoms with Crippen LogP contribution in [0.1, 0.15) is 24.0 Å². The summed E-state index contributed by atoms with van der Waals surface area (Å²) in [4.78, 5) is 11.3. The summed E-state index contributed by atoms with van der Waals surface area (Å²) in [6.07, 6.45) is 6.21. The Hall–Kier alpha value is -2.38. The van der Waals surface area contributed by atoms with E-state index in [1.165, 1.54) is 12.8 Å². The van der Waals surface area contributed by atoms with Crippen molar-refractivity contribution in [2.75, 3.05) is 13.1 Å². The molecule has 4 nitrogen and oxygen atoms in total. The predicted octanol–water partition coefficient (Wildman–Crippen LogP) is 2.99. The van der Waals surface area contributed by atoms with E-state index in [9.17, 15) is 9.90 Å². The second-order valence-corrected chi connectivity index (χ2v) is 5.73. The molecule has 2 heterocycles. The molecule has 0 radical (unpaired) electrons. The number of benzene rings is 1. The normalized spacial score (nSPS) is 21.0. The fourth-order valence-corrected chi connectivity index (χ4v) is 3.36. The third kappa shape index (κ3) is 2.07. The summed E-state index contributed by atoms with van der Waals surface area (Å²) in [5, 5.41) is 18.4. The van der Waals surface area contributed by atoms with Gasteiger partial charge in [-0.05, 0) is 18.6 Å². The molecule has 2 aliphatic rings. The third-order valence-electron chi connectivity index (χ3n) is 4.41. The highest BCUT2D eigenvalue weighted by molar-refractivity contribution is 6.05. The number of rotatable bonds is 1. The summed E-state index contributed by atoms with van der Waals surface area (Å²) in [7, 11) is 0. The van der Waals surface area contributed by atoms with Crippen molar-refractivity contribution < 1.29 is 9.90 Å². The molecule has 4 heteroatoms. The lowest BCUT2D eigenvalue weighted by molar-refractivity contribution is -0.132. The number of carboxylic acids is 1. The number of nitriles is 1. The molecule has 1 fully saturated rings. The van der Waals surface area contributed by atoms with Gasteiger partial charge in [-0.2, -0.15) is 5.26 Å². The van der Waals surface area contributed by atoms with Crippen LogP contribution in [0.3, 0.4) is 0 Å². The van der Waals surface area contributed by atoms with Gasteiger partial charge in [0.05, 0.1) is 13.1 Å². The van der Waals surface area contributed by atoms with Crippen LogP contribution in [0.15, 0.2) is 36.0 Å². The Labute approximate surface area is 123 Å². The first kappa shape index (κ1) is 13.6. The van der Waals surface area contributed by atoms with E-state index in [1.807, 2.05) is 31.2 Å². The molecule has 21 heavy (non-hydrogen) atoms. The summed E-state index contributed by atoms with van der Waals surface area (Å²) in [6, 6.07) is 7.87. The predicted molar refractivity (Wildman–Crippen MR) is 81.2 cm³/mol. The quantitative estimate of drug-likeness (QED) is 0.489. The number of allylic oxidation sites excluding steroid dienone is 2. The molecule has 1 aromatic rings. The largest absolute Gasteiger partial charge is 0.477 e. The van der Waals surface area contributed by atoms with Gasteiger partial charge in [-0.15, -0.1) is 0 Å². The standard InChI is InChI=1S/C17H16N2O2/c1-12-4-5-14-13(15(11-18)17(20)21)6-9-19(16(14)10-12)7-2-3-8-19/h4-6,9-10H,2-3,7-8H2,1H3/p+1/b15-13+. The minimum Gasteiger partial charge on any atom is -0.477 e. The number of aryl methyl sites for hydroxylation is 1. The van der Waals surface area contributed by atoms with E-state index in [1.54, 1.807) is 0 Å². The van der Waals surface area contributed by atoms with E-state index in [4.69, 9.17) is 5.26 Å². The molecule has 1 spiro atoms. The Morgan fingerprint density at radius 2 is 2.05 bits per heavy atom. The van der Waals surface area contributed by atoms with Gasteiger partial charge in [0, 0.05) is 36.1 Å². The van der Waals surface area contributed by atoms with Crippen molar-refractivity contribution >= 4 is 17.2 Å². The van der Waals surface area contributed by atoms with Crippen molar-refractivity contribution in [2.45, 2.75) is 19.8 Å². The van der Waals surface area contributed by atoms with Crippen LogP contribution in [-0.2, 0) is 4.79 Å². The zero-order valence-electron chi connectivity index (χ0n) is 12.0. The van der Waals surface area contributed by atoms with E-state index in [0.717, 1.165) is 34.4 Å². The molecule has 1 aromatic carbocycles. The monoisotopic (exact) mass is 281 g/mol. The first-order valence-electron chi connectivity index (χ1n) is 7.13. The number of carbonyl (C=O) groups is 1. The number of hydrogen-bond acceptors (Lipinski definition) is 2. The van der Waals surface area contributed by atoms with Gasteiger partial charge in [0.25, 0.3) is 0 Å². The van der Waals surface area contributed by atoms with Crippen LogP contribution >= 0.6 is 0 Å². The molecule has 0 atom stereocenters. The second-order valence-electron chi connectivity index (χ2n) is 5.73. The Morgan fingerprint density at radius 1 is 1.33 bits per heavy atom. The smallest absolute Gasteiger partial charge is 0.347 e. The third-order valence-corrected chi connectivity index (χ3v) is 4.41. The average Bonchev–Trinajstić information content (AvgIpc) is 2.92. The maximum Gasteiger partial charge on any atom is 0.347 e. The van der Waals surface area contributed by atoms with Gasteiger partial charge in [0.1, 0.15) is 23.5 Å². The van der Waals surface area contributed by atoms with Gasteiger partial charge in [-0.1, -0.05) is 6.07 Å². The molecule has 0 aliphatic carbocycles. The number of nitrogens with zero attached hydrogens (tertiary/aromatic N) is 2. The van der Waals surface area contributed by atoms with Crippen LogP contribution < -0.4 is 4.48 Å². The number of quaternary nitrogens is 1. The summed E-state index contributed by atoms with van der Waals surface area (Å²) in [5.41, 5.74) is 3.49. The van der Waals surface area contributed by atoms with Crippen LogP contribution in [0.25, 0.3) is 5.57 Å². The molecule has 2 aliphatic heterocycles. The fraction of sp³-hybridized carbons (Fsp3) is 0.294. The zero-order valence-corrected chi connectivity index (χ0v) is 12.0. The minimum absolute atomic E-state index is 0.187. The average molecular weight is 281 g/mol. The van der Waals surface area contributed by atoms with E-state index in [-0.39, 0.29) is 5.57 Å². The Morgan fingerprint density at radius 3 is 2.67 bits per heavy atom. The van der Waals surface area contributed by atoms with Crippen LogP contribution in [0, 0.1) is 18.3 Å². The van der Waals surface area contributed by atoms with Gasteiger partial charge >= 0.3 is 5.97 Å². The summed E-state index contributed by atoms with van der Waals surface area (Å²) >= 11 is 0. The van der Waals surface area contributed by atoms with Gasteiger partial charge in [0.15, 0.2) is 0 Å². The Bertz CT molecular complexity index is 717. The molecular weight excluding hydrogens is 264 g/mol. The van der Waals surface area contributed by atoms with Gasteiger partial charge in [-0.25, -0.2) is 4.79 Å². The van der Waals surface area contributed by atoms with Crippen molar-refractivity contribution in [1.82, 2.24) is 4.48 Å². The van der Waals surface area contributed by atoms with Crippen molar-refractivity contribution in [3.8, 4) is 6.07 Å². The molecule has 0 aromatic heterocycles. The van der Waals surface area contributed by atoms with Crippen LogP contribution in [0.2, 0.25) is 0 Å². The maximum atomic E-state index is 11.3.